The molecule has 0 spiro atoms. The van der Waals surface area contributed by atoms with Crippen molar-refractivity contribution in [3.05, 3.63) is 66.2 Å². The molecule has 0 saturated carbocycles. The maximum Gasteiger partial charge on any atom is 0.157 e. The summed E-state index contributed by atoms with van der Waals surface area (Å²) in [4.78, 5) is 10.9. The topological polar surface area (TPSA) is 46.3 Å². The van der Waals surface area contributed by atoms with Crippen LogP contribution in [0.25, 0.3) is 16.4 Å². The minimum atomic E-state index is 0.791. The molecule has 0 unspecified atom stereocenters. The standard InChI is InChI=1S/C18H17N5/c1-13-10-18(23-17(21-13)7-9-20-23)22(2)12-15-5-3-4-14-11-19-8-6-16(14)15/h3-11H,12H2,1-2H3. The first-order valence-corrected chi connectivity index (χ1v) is 7.56. The molecule has 114 valence electrons. The first kappa shape index (κ1) is 13.7. The van der Waals surface area contributed by atoms with E-state index in [0.29, 0.717) is 0 Å². The smallest absolute Gasteiger partial charge is 0.157 e. The lowest BCUT2D eigenvalue weighted by molar-refractivity contribution is 0.831. The van der Waals surface area contributed by atoms with Gasteiger partial charge in [-0.3, -0.25) is 4.98 Å². The number of fused-ring (bicyclic) bond motifs is 2. The van der Waals surface area contributed by atoms with E-state index in [1.807, 2.05) is 29.9 Å². The Morgan fingerprint density at radius 2 is 2.04 bits per heavy atom. The molecular formula is C18H17N5. The summed E-state index contributed by atoms with van der Waals surface area (Å²) in [6, 6.07) is 12.4. The third-order valence-electron chi connectivity index (χ3n) is 4.04. The number of hydrogen-bond donors (Lipinski definition) is 0. The summed E-state index contributed by atoms with van der Waals surface area (Å²) in [6.45, 7) is 2.80. The largest absolute Gasteiger partial charge is 0.355 e. The Hall–Kier alpha value is -2.95. The molecule has 0 bridgehead atoms. The Balaban J connectivity index is 1.76. The normalized spacial score (nSPS) is 11.2. The third-order valence-corrected chi connectivity index (χ3v) is 4.04. The van der Waals surface area contributed by atoms with Crippen molar-refractivity contribution >= 4 is 22.2 Å². The SMILES string of the molecule is Cc1cc(N(C)Cc2cccc3cnccc23)n2nccc2n1. The maximum absolute atomic E-state index is 4.50. The van der Waals surface area contributed by atoms with Gasteiger partial charge in [0.1, 0.15) is 5.82 Å². The van der Waals surface area contributed by atoms with Gasteiger partial charge in [-0.05, 0) is 23.9 Å². The summed E-state index contributed by atoms with van der Waals surface area (Å²) in [5.41, 5.74) is 3.12. The zero-order valence-corrected chi connectivity index (χ0v) is 13.1. The van der Waals surface area contributed by atoms with Crippen LogP contribution in [-0.2, 0) is 6.54 Å². The molecule has 3 aromatic heterocycles. The van der Waals surface area contributed by atoms with Crippen molar-refractivity contribution in [2.75, 3.05) is 11.9 Å². The number of anilines is 1. The Bertz CT molecular complexity index is 984. The minimum Gasteiger partial charge on any atom is -0.355 e. The van der Waals surface area contributed by atoms with Crippen molar-refractivity contribution < 1.29 is 0 Å². The average Bonchev–Trinajstić information content (AvgIpc) is 3.02. The second-order valence-electron chi connectivity index (χ2n) is 5.73. The highest BCUT2D eigenvalue weighted by atomic mass is 15.3. The van der Waals surface area contributed by atoms with Gasteiger partial charge in [0.05, 0.1) is 6.20 Å². The molecule has 0 saturated heterocycles. The third kappa shape index (κ3) is 2.40. The maximum atomic E-state index is 4.50. The molecule has 5 nitrogen and oxygen atoms in total. The number of nitrogens with zero attached hydrogens (tertiary/aromatic N) is 5. The Kier molecular flexibility index (Phi) is 3.19. The number of benzene rings is 1. The van der Waals surface area contributed by atoms with Crippen LogP contribution in [0.4, 0.5) is 5.82 Å². The number of aryl methyl sites for hydroxylation is 1. The fourth-order valence-electron chi connectivity index (χ4n) is 2.95. The molecule has 0 aliphatic carbocycles. The average molecular weight is 303 g/mol. The van der Waals surface area contributed by atoms with Crippen molar-refractivity contribution in [2.24, 2.45) is 0 Å². The number of aromatic nitrogens is 4. The second kappa shape index (κ2) is 5.35. The summed E-state index contributed by atoms with van der Waals surface area (Å²) in [5.74, 6) is 1.03. The molecule has 0 aliphatic heterocycles. The highest BCUT2D eigenvalue weighted by molar-refractivity contribution is 5.85. The second-order valence-corrected chi connectivity index (χ2v) is 5.73. The van der Waals surface area contributed by atoms with E-state index < -0.39 is 0 Å². The van der Waals surface area contributed by atoms with Crippen LogP contribution in [0.1, 0.15) is 11.3 Å². The van der Waals surface area contributed by atoms with E-state index >= 15 is 0 Å². The van der Waals surface area contributed by atoms with Crippen molar-refractivity contribution in [3.8, 4) is 0 Å². The number of rotatable bonds is 3. The van der Waals surface area contributed by atoms with Crippen molar-refractivity contribution in [1.29, 1.82) is 0 Å². The molecule has 4 rings (SSSR count). The van der Waals surface area contributed by atoms with Crippen molar-refractivity contribution in [1.82, 2.24) is 19.6 Å². The Morgan fingerprint density at radius 1 is 1.13 bits per heavy atom. The van der Waals surface area contributed by atoms with E-state index in [0.717, 1.165) is 29.1 Å². The van der Waals surface area contributed by atoms with Gasteiger partial charge in [-0.15, -0.1) is 0 Å². The van der Waals surface area contributed by atoms with Crippen LogP contribution in [0, 0.1) is 6.92 Å². The van der Waals surface area contributed by atoms with Gasteiger partial charge in [-0.1, -0.05) is 18.2 Å². The quantitative estimate of drug-likeness (QED) is 0.583. The summed E-state index contributed by atoms with van der Waals surface area (Å²) < 4.78 is 1.87. The van der Waals surface area contributed by atoms with Gasteiger partial charge in [-0.25, -0.2) is 4.98 Å². The van der Waals surface area contributed by atoms with E-state index in [1.54, 1.807) is 6.20 Å². The summed E-state index contributed by atoms with van der Waals surface area (Å²) in [7, 11) is 2.08. The molecule has 0 fully saturated rings. The first-order valence-electron chi connectivity index (χ1n) is 7.56. The molecule has 0 aliphatic rings. The molecule has 0 amide bonds. The zero-order valence-electron chi connectivity index (χ0n) is 13.1. The van der Waals surface area contributed by atoms with E-state index in [9.17, 15) is 0 Å². The summed E-state index contributed by atoms with van der Waals surface area (Å²) >= 11 is 0. The lowest BCUT2D eigenvalue weighted by atomic mass is 10.1. The molecule has 1 aromatic carbocycles. The van der Waals surface area contributed by atoms with Gasteiger partial charge in [0.25, 0.3) is 0 Å². The minimum absolute atomic E-state index is 0.791. The molecule has 23 heavy (non-hydrogen) atoms. The summed E-state index contributed by atoms with van der Waals surface area (Å²) in [5, 5.41) is 6.78. The van der Waals surface area contributed by atoms with Gasteiger partial charge in [0.2, 0.25) is 0 Å². The fourth-order valence-corrected chi connectivity index (χ4v) is 2.95. The fraction of sp³-hybridized carbons (Fsp3) is 0.167. The van der Waals surface area contributed by atoms with Crippen LogP contribution in [0.3, 0.4) is 0 Å². The molecule has 3 heterocycles. The number of pyridine rings is 1. The van der Waals surface area contributed by atoms with Gasteiger partial charge >= 0.3 is 0 Å². The van der Waals surface area contributed by atoms with Crippen LogP contribution < -0.4 is 4.90 Å². The monoisotopic (exact) mass is 303 g/mol. The number of hydrogen-bond acceptors (Lipinski definition) is 4. The molecular weight excluding hydrogens is 286 g/mol. The predicted octanol–water partition coefficient (Wildman–Crippen LogP) is 3.22. The van der Waals surface area contributed by atoms with Crippen molar-refractivity contribution in [3.63, 3.8) is 0 Å². The van der Waals surface area contributed by atoms with Crippen LogP contribution in [0.5, 0.6) is 0 Å². The zero-order chi connectivity index (χ0) is 15.8. The highest BCUT2D eigenvalue weighted by Gasteiger charge is 2.11. The van der Waals surface area contributed by atoms with E-state index in [-0.39, 0.29) is 0 Å². The predicted molar refractivity (Wildman–Crippen MR) is 91.6 cm³/mol. The molecule has 0 radical (unpaired) electrons. The Morgan fingerprint density at radius 3 is 2.96 bits per heavy atom. The highest BCUT2D eigenvalue weighted by Crippen LogP contribution is 2.22. The molecule has 4 aromatic rings. The Labute approximate surface area is 134 Å². The molecule has 0 N–H and O–H groups in total. The van der Waals surface area contributed by atoms with Crippen LogP contribution in [0.15, 0.2) is 55.0 Å². The lowest BCUT2D eigenvalue weighted by Crippen LogP contribution is -2.20. The van der Waals surface area contributed by atoms with Crippen LogP contribution >= 0.6 is 0 Å². The van der Waals surface area contributed by atoms with Gasteiger partial charge < -0.3 is 4.90 Å². The van der Waals surface area contributed by atoms with E-state index in [2.05, 4.69) is 57.3 Å². The van der Waals surface area contributed by atoms with E-state index in [4.69, 9.17) is 0 Å². The van der Waals surface area contributed by atoms with E-state index in [1.165, 1.54) is 10.9 Å². The van der Waals surface area contributed by atoms with Crippen LogP contribution in [-0.4, -0.2) is 26.6 Å². The molecule has 5 heteroatoms. The first-order chi connectivity index (χ1) is 11.2. The van der Waals surface area contributed by atoms with Crippen molar-refractivity contribution in [2.45, 2.75) is 13.5 Å². The van der Waals surface area contributed by atoms with Crippen LogP contribution in [0.2, 0.25) is 0 Å². The summed E-state index contributed by atoms with van der Waals surface area (Å²) in [6.07, 6.45) is 5.53. The van der Waals surface area contributed by atoms with Gasteiger partial charge in [-0.2, -0.15) is 9.61 Å². The lowest BCUT2D eigenvalue weighted by Gasteiger charge is -2.21. The van der Waals surface area contributed by atoms with Gasteiger partial charge in [0, 0.05) is 49.2 Å². The van der Waals surface area contributed by atoms with Gasteiger partial charge in [0.15, 0.2) is 5.65 Å². The molecule has 0 atom stereocenters.